The van der Waals surface area contributed by atoms with Gasteiger partial charge < -0.3 is 10.2 Å². The summed E-state index contributed by atoms with van der Waals surface area (Å²) >= 11 is 0. The number of hydrogen-bond acceptors (Lipinski definition) is 5. The lowest BCUT2D eigenvalue weighted by molar-refractivity contribution is 0.460. The molecule has 0 atom stereocenters. The molecule has 0 radical (unpaired) electrons. The zero-order valence-electron chi connectivity index (χ0n) is 9.55. The minimum atomic E-state index is 0.407. The highest BCUT2D eigenvalue weighted by molar-refractivity contribution is 5.34. The molecule has 0 spiro atoms. The van der Waals surface area contributed by atoms with Gasteiger partial charge in [0.15, 0.2) is 5.82 Å². The van der Waals surface area contributed by atoms with Crippen LogP contribution in [0.25, 0.3) is 0 Å². The number of aromatic nitrogens is 2. The highest BCUT2D eigenvalue weighted by atomic mass is 16.5. The molecule has 0 fully saturated rings. The molecule has 0 saturated carbocycles. The molecular formula is C12H14N4O. The van der Waals surface area contributed by atoms with Gasteiger partial charge in [-0.3, -0.25) is 4.98 Å². The largest absolute Gasteiger partial charge is 0.437 e. The van der Waals surface area contributed by atoms with E-state index in [1.54, 1.807) is 0 Å². The molecule has 0 amide bonds. The lowest BCUT2D eigenvalue weighted by atomic mass is 10.2. The lowest BCUT2D eigenvalue weighted by Crippen LogP contribution is -2.08. The van der Waals surface area contributed by atoms with Gasteiger partial charge in [0.05, 0.1) is 12.4 Å². The van der Waals surface area contributed by atoms with Crippen LogP contribution < -0.4 is 16.0 Å². The molecular weight excluding hydrogens is 216 g/mol. The molecule has 0 unspecified atom stereocenters. The predicted molar refractivity (Wildman–Crippen MR) is 65.7 cm³/mol. The van der Waals surface area contributed by atoms with E-state index in [4.69, 9.17) is 10.6 Å². The zero-order valence-corrected chi connectivity index (χ0v) is 9.55. The summed E-state index contributed by atoms with van der Waals surface area (Å²) in [6.07, 6.45) is 4.06. The van der Waals surface area contributed by atoms with E-state index in [0.29, 0.717) is 11.7 Å². The van der Waals surface area contributed by atoms with Crippen LogP contribution in [0.1, 0.15) is 12.5 Å². The quantitative estimate of drug-likeness (QED) is 0.621. The van der Waals surface area contributed by atoms with E-state index >= 15 is 0 Å². The number of nitrogens with two attached hydrogens (primary N) is 1. The molecule has 1 heterocycles. The fraction of sp³-hybridized carbons (Fsp3) is 0.167. The molecule has 5 heteroatoms. The number of nitrogen functional groups attached to an aromatic ring is 1. The average molecular weight is 230 g/mol. The van der Waals surface area contributed by atoms with Crippen LogP contribution in [0.15, 0.2) is 36.7 Å². The van der Waals surface area contributed by atoms with Crippen LogP contribution in [0, 0.1) is 0 Å². The van der Waals surface area contributed by atoms with Crippen LogP contribution in [0.5, 0.6) is 11.6 Å². The topological polar surface area (TPSA) is 73.1 Å². The Hall–Kier alpha value is -2.14. The van der Waals surface area contributed by atoms with Crippen molar-refractivity contribution in [1.82, 2.24) is 9.97 Å². The molecule has 0 aliphatic rings. The van der Waals surface area contributed by atoms with Crippen LogP contribution >= 0.6 is 0 Å². The van der Waals surface area contributed by atoms with Crippen molar-refractivity contribution in [3.63, 3.8) is 0 Å². The van der Waals surface area contributed by atoms with Gasteiger partial charge in [-0.15, -0.1) is 0 Å². The van der Waals surface area contributed by atoms with Gasteiger partial charge in [0, 0.05) is 0 Å². The number of anilines is 1. The van der Waals surface area contributed by atoms with Gasteiger partial charge >= 0.3 is 0 Å². The van der Waals surface area contributed by atoms with Gasteiger partial charge in [-0.1, -0.05) is 19.1 Å². The molecule has 2 rings (SSSR count). The van der Waals surface area contributed by atoms with Crippen molar-refractivity contribution in [1.29, 1.82) is 0 Å². The highest BCUT2D eigenvalue weighted by Gasteiger charge is 2.00. The molecule has 0 aliphatic carbocycles. The molecule has 17 heavy (non-hydrogen) atoms. The molecule has 5 nitrogen and oxygen atoms in total. The van der Waals surface area contributed by atoms with Crippen molar-refractivity contribution in [2.24, 2.45) is 5.84 Å². The van der Waals surface area contributed by atoms with Crippen molar-refractivity contribution in [2.45, 2.75) is 13.3 Å². The van der Waals surface area contributed by atoms with Crippen LogP contribution in [0.4, 0.5) is 5.82 Å². The van der Waals surface area contributed by atoms with Crippen molar-refractivity contribution < 1.29 is 4.74 Å². The summed E-state index contributed by atoms with van der Waals surface area (Å²) < 4.78 is 5.55. The average Bonchev–Trinajstić information content (AvgIpc) is 2.40. The molecule has 88 valence electrons. The van der Waals surface area contributed by atoms with Gasteiger partial charge in [-0.2, -0.15) is 4.98 Å². The Morgan fingerprint density at radius 1 is 1.24 bits per heavy atom. The maximum Gasteiger partial charge on any atom is 0.239 e. The van der Waals surface area contributed by atoms with Gasteiger partial charge in [-0.25, -0.2) is 5.84 Å². The number of nitrogens with one attached hydrogen (secondary N) is 1. The van der Waals surface area contributed by atoms with Crippen molar-refractivity contribution in [3.8, 4) is 11.6 Å². The number of hydrogen-bond donors (Lipinski definition) is 2. The van der Waals surface area contributed by atoms with E-state index in [-0.39, 0.29) is 0 Å². The fourth-order valence-corrected chi connectivity index (χ4v) is 1.38. The molecule has 1 aromatic heterocycles. The third kappa shape index (κ3) is 2.92. The summed E-state index contributed by atoms with van der Waals surface area (Å²) in [6, 6.07) is 7.85. The molecule has 0 bridgehead atoms. The summed E-state index contributed by atoms with van der Waals surface area (Å²) in [6.45, 7) is 2.11. The first-order valence-corrected chi connectivity index (χ1v) is 5.37. The van der Waals surface area contributed by atoms with Gasteiger partial charge in [-0.05, 0) is 24.1 Å². The number of aryl methyl sites for hydroxylation is 1. The summed E-state index contributed by atoms with van der Waals surface area (Å²) in [5.74, 6) is 6.84. The Labute approximate surface area is 99.6 Å². The van der Waals surface area contributed by atoms with Crippen molar-refractivity contribution in [3.05, 3.63) is 42.2 Å². The monoisotopic (exact) mass is 230 g/mol. The third-order valence-corrected chi connectivity index (χ3v) is 2.31. The number of benzene rings is 1. The second-order valence-electron chi connectivity index (χ2n) is 3.49. The first kappa shape index (κ1) is 11.3. The Bertz CT molecular complexity index is 484. The SMILES string of the molecule is CCc1ccc(Oc2cncc(NN)n2)cc1. The first-order chi connectivity index (χ1) is 8.31. The van der Waals surface area contributed by atoms with Crippen LogP contribution in [-0.2, 0) is 6.42 Å². The number of ether oxygens (including phenoxy) is 1. The Kier molecular flexibility index (Phi) is 3.52. The first-order valence-electron chi connectivity index (χ1n) is 5.37. The number of hydrazine groups is 1. The third-order valence-electron chi connectivity index (χ3n) is 2.31. The normalized spacial score (nSPS) is 10.0. The van der Waals surface area contributed by atoms with Crippen LogP contribution in [0.2, 0.25) is 0 Å². The fourth-order valence-electron chi connectivity index (χ4n) is 1.38. The molecule has 2 aromatic rings. The van der Waals surface area contributed by atoms with Gasteiger partial charge in [0.25, 0.3) is 0 Å². The van der Waals surface area contributed by atoms with E-state index in [2.05, 4.69) is 22.3 Å². The molecule has 3 N–H and O–H groups in total. The lowest BCUT2D eigenvalue weighted by Gasteiger charge is -2.06. The number of rotatable bonds is 4. The van der Waals surface area contributed by atoms with Crippen LogP contribution in [0.3, 0.4) is 0 Å². The highest BCUT2D eigenvalue weighted by Crippen LogP contribution is 2.20. The summed E-state index contributed by atoms with van der Waals surface area (Å²) in [5, 5.41) is 0. The van der Waals surface area contributed by atoms with Crippen molar-refractivity contribution >= 4 is 5.82 Å². The molecule has 1 aromatic carbocycles. The Morgan fingerprint density at radius 3 is 2.65 bits per heavy atom. The van der Waals surface area contributed by atoms with E-state index in [1.807, 2.05) is 24.3 Å². The Balaban J connectivity index is 2.13. The summed E-state index contributed by atoms with van der Waals surface area (Å²) in [5.41, 5.74) is 3.68. The molecule has 0 aliphatic heterocycles. The van der Waals surface area contributed by atoms with E-state index in [0.717, 1.165) is 12.2 Å². The van der Waals surface area contributed by atoms with Gasteiger partial charge in [0.2, 0.25) is 5.88 Å². The second-order valence-corrected chi connectivity index (χ2v) is 3.49. The minimum absolute atomic E-state index is 0.407. The standard InChI is InChI=1S/C12H14N4O/c1-2-9-3-5-10(6-4-9)17-12-8-14-7-11(15-12)16-13/h3-8H,2,13H2,1H3,(H,15,16). The second kappa shape index (κ2) is 5.27. The number of nitrogens with zero attached hydrogens (tertiary/aromatic N) is 2. The predicted octanol–water partition coefficient (Wildman–Crippen LogP) is 2.12. The van der Waals surface area contributed by atoms with E-state index in [9.17, 15) is 0 Å². The summed E-state index contributed by atoms with van der Waals surface area (Å²) in [7, 11) is 0. The summed E-state index contributed by atoms with van der Waals surface area (Å²) in [4.78, 5) is 8.06. The van der Waals surface area contributed by atoms with Crippen LogP contribution in [-0.4, -0.2) is 9.97 Å². The Morgan fingerprint density at radius 2 is 2.00 bits per heavy atom. The van der Waals surface area contributed by atoms with E-state index in [1.165, 1.54) is 18.0 Å². The minimum Gasteiger partial charge on any atom is -0.437 e. The van der Waals surface area contributed by atoms with Gasteiger partial charge in [0.1, 0.15) is 5.75 Å². The maximum absolute atomic E-state index is 5.55. The van der Waals surface area contributed by atoms with E-state index < -0.39 is 0 Å². The maximum atomic E-state index is 5.55. The zero-order chi connectivity index (χ0) is 12.1. The van der Waals surface area contributed by atoms with Crippen molar-refractivity contribution in [2.75, 3.05) is 5.43 Å². The smallest absolute Gasteiger partial charge is 0.239 e. The molecule has 0 saturated heterocycles.